The predicted octanol–water partition coefficient (Wildman–Crippen LogP) is 4.36. The average molecular weight is 397 g/mol. The summed E-state index contributed by atoms with van der Waals surface area (Å²) < 4.78 is 10.8. The van der Waals surface area contributed by atoms with Crippen LogP contribution >= 0.6 is 0 Å². The first-order valence-corrected chi connectivity index (χ1v) is 10.2. The Morgan fingerprint density at radius 1 is 1.03 bits per heavy atom. The summed E-state index contributed by atoms with van der Waals surface area (Å²) in [6.45, 7) is 8.75. The Kier molecular flexibility index (Phi) is 6.48. The molecule has 0 atom stereocenters. The molecule has 1 aliphatic heterocycles. The topological polar surface area (TPSA) is 50.8 Å². The van der Waals surface area contributed by atoms with Gasteiger partial charge in [0.05, 0.1) is 14.2 Å². The van der Waals surface area contributed by atoms with Gasteiger partial charge in [0.25, 0.3) is 5.91 Å². The largest absolute Gasteiger partial charge is 0.497 e. The number of nitrogens with zero attached hydrogens (tertiary/aromatic N) is 1. The van der Waals surface area contributed by atoms with Gasteiger partial charge in [0.1, 0.15) is 11.5 Å². The number of hydrogen-bond acceptors (Lipinski definition) is 4. The van der Waals surface area contributed by atoms with E-state index in [1.165, 1.54) is 0 Å². The number of methoxy groups -OCH3 is 2. The summed E-state index contributed by atoms with van der Waals surface area (Å²) in [6.07, 6.45) is 1.96. The molecule has 1 saturated heterocycles. The van der Waals surface area contributed by atoms with E-state index in [1.54, 1.807) is 14.2 Å². The van der Waals surface area contributed by atoms with E-state index in [9.17, 15) is 4.79 Å². The highest BCUT2D eigenvalue weighted by molar-refractivity contribution is 5.95. The first kappa shape index (κ1) is 21.2. The zero-order chi connectivity index (χ0) is 21.0. The van der Waals surface area contributed by atoms with Gasteiger partial charge in [-0.25, -0.2) is 0 Å². The summed E-state index contributed by atoms with van der Waals surface area (Å²) >= 11 is 0. The fourth-order valence-corrected chi connectivity index (χ4v) is 3.83. The number of carbonyl (C=O) groups is 1. The molecule has 1 fully saturated rings. The van der Waals surface area contributed by atoms with Crippen LogP contribution in [0.1, 0.15) is 44.0 Å². The molecular formula is C24H32N2O3. The number of amides is 1. The average Bonchev–Trinajstić information content (AvgIpc) is 2.73. The van der Waals surface area contributed by atoms with Crippen LogP contribution in [-0.4, -0.2) is 49.7 Å². The predicted molar refractivity (Wildman–Crippen MR) is 117 cm³/mol. The Morgan fingerprint density at radius 2 is 1.76 bits per heavy atom. The number of carbonyl (C=O) groups excluding carboxylic acids is 1. The van der Waals surface area contributed by atoms with Crippen LogP contribution in [0.2, 0.25) is 0 Å². The molecule has 1 aliphatic rings. The number of rotatable bonds is 5. The Hall–Kier alpha value is -2.53. The van der Waals surface area contributed by atoms with Crippen molar-refractivity contribution in [2.45, 2.75) is 45.2 Å². The van der Waals surface area contributed by atoms with E-state index >= 15 is 0 Å². The van der Waals surface area contributed by atoms with Gasteiger partial charge in [-0.15, -0.1) is 0 Å². The molecule has 2 aromatic carbocycles. The monoisotopic (exact) mass is 396 g/mol. The van der Waals surface area contributed by atoms with Crippen molar-refractivity contribution in [2.24, 2.45) is 0 Å². The van der Waals surface area contributed by atoms with Crippen molar-refractivity contribution < 1.29 is 14.3 Å². The van der Waals surface area contributed by atoms with Gasteiger partial charge >= 0.3 is 0 Å². The zero-order valence-corrected chi connectivity index (χ0v) is 18.1. The molecule has 0 bridgehead atoms. The molecule has 0 aliphatic carbocycles. The Labute approximate surface area is 174 Å². The van der Waals surface area contributed by atoms with Gasteiger partial charge in [0, 0.05) is 41.9 Å². The Bertz CT molecular complexity index is 849. The van der Waals surface area contributed by atoms with Crippen molar-refractivity contribution in [2.75, 3.05) is 27.3 Å². The SMILES string of the molecule is COc1ccc(-c2cccc(C(=O)NC3CCN(C(C)(C)C)CC3)c2)c(OC)c1. The summed E-state index contributed by atoms with van der Waals surface area (Å²) in [5, 5.41) is 3.22. The van der Waals surface area contributed by atoms with Crippen molar-refractivity contribution in [1.29, 1.82) is 0 Å². The number of ether oxygens (including phenoxy) is 2. The van der Waals surface area contributed by atoms with Crippen molar-refractivity contribution >= 4 is 5.91 Å². The second-order valence-corrected chi connectivity index (χ2v) is 8.55. The van der Waals surface area contributed by atoms with Gasteiger partial charge in [-0.2, -0.15) is 0 Å². The highest BCUT2D eigenvalue weighted by Crippen LogP contribution is 2.33. The van der Waals surface area contributed by atoms with Crippen LogP contribution in [-0.2, 0) is 0 Å². The van der Waals surface area contributed by atoms with Crippen LogP contribution in [0.4, 0.5) is 0 Å². The molecule has 5 nitrogen and oxygen atoms in total. The second-order valence-electron chi connectivity index (χ2n) is 8.55. The van der Waals surface area contributed by atoms with E-state index in [1.807, 2.05) is 42.5 Å². The highest BCUT2D eigenvalue weighted by Gasteiger charge is 2.27. The molecule has 3 rings (SSSR count). The van der Waals surface area contributed by atoms with Gasteiger partial charge in [0.15, 0.2) is 0 Å². The molecule has 0 aromatic heterocycles. The molecule has 1 heterocycles. The minimum atomic E-state index is -0.0199. The number of nitrogens with one attached hydrogen (secondary N) is 1. The van der Waals surface area contributed by atoms with Crippen molar-refractivity contribution in [3.63, 3.8) is 0 Å². The van der Waals surface area contributed by atoms with E-state index < -0.39 is 0 Å². The van der Waals surface area contributed by atoms with E-state index in [-0.39, 0.29) is 17.5 Å². The fraction of sp³-hybridized carbons (Fsp3) is 0.458. The minimum absolute atomic E-state index is 0.0199. The van der Waals surface area contributed by atoms with Gasteiger partial charge < -0.3 is 14.8 Å². The maximum atomic E-state index is 12.9. The number of piperidine rings is 1. The fourth-order valence-electron chi connectivity index (χ4n) is 3.83. The lowest BCUT2D eigenvalue weighted by Crippen LogP contribution is -2.50. The van der Waals surface area contributed by atoms with Crippen molar-refractivity contribution in [3.05, 3.63) is 48.0 Å². The molecule has 0 unspecified atom stereocenters. The maximum Gasteiger partial charge on any atom is 0.251 e. The Morgan fingerprint density at radius 3 is 2.38 bits per heavy atom. The summed E-state index contributed by atoms with van der Waals surface area (Å²) in [7, 11) is 3.27. The lowest BCUT2D eigenvalue weighted by Gasteiger charge is -2.41. The molecule has 0 radical (unpaired) electrons. The van der Waals surface area contributed by atoms with Crippen LogP contribution in [0, 0.1) is 0 Å². The van der Waals surface area contributed by atoms with Gasteiger partial charge in [-0.3, -0.25) is 9.69 Å². The van der Waals surface area contributed by atoms with E-state index in [2.05, 4.69) is 31.0 Å². The molecule has 1 N–H and O–H groups in total. The van der Waals surface area contributed by atoms with E-state index in [0.717, 1.165) is 48.6 Å². The third-order valence-electron chi connectivity index (χ3n) is 5.62. The molecule has 0 saturated carbocycles. The molecule has 29 heavy (non-hydrogen) atoms. The van der Waals surface area contributed by atoms with Crippen molar-refractivity contribution in [3.8, 4) is 22.6 Å². The lowest BCUT2D eigenvalue weighted by atomic mass is 9.97. The Balaban J connectivity index is 1.71. The number of likely N-dealkylation sites (tertiary alicyclic amines) is 1. The molecular weight excluding hydrogens is 364 g/mol. The quantitative estimate of drug-likeness (QED) is 0.816. The zero-order valence-electron chi connectivity index (χ0n) is 18.1. The summed E-state index contributed by atoms with van der Waals surface area (Å²) in [5.74, 6) is 1.44. The van der Waals surface area contributed by atoms with Gasteiger partial charge in [0.2, 0.25) is 0 Å². The second kappa shape index (κ2) is 8.87. The third-order valence-corrected chi connectivity index (χ3v) is 5.62. The number of hydrogen-bond donors (Lipinski definition) is 1. The minimum Gasteiger partial charge on any atom is -0.497 e. The van der Waals surface area contributed by atoms with E-state index in [0.29, 0.717) is 5.56 Å². The number of benzene rings is 2. The molecule has 5 heteroatoms. The van der Waals surface area contributed by atoms with Crippen LogP contribution in [0.5, 0.6) is 11.5 Å². The van der Waals surface area contributed by atoms with Crippen LogP contribution in [0.15, 0.2) is 42.5 Å². The first-order valence-electron chi connectivity index (χ1n) is 10.2. The third kappa shape index (κ3) is 5.10. The smallest absolute Gasteiger partial charge is 0.251 e. The molecule has 0 spiro atoms. The summed E-state index contributed by atoms with van der Waals surface area (Å²) in [6, 6.07) is 13.6. The molecule has 1 amide bonds. The van der Waals surface area contributed by atoms with Crippen LogP contribution in [0.25, 0.3) is 11.1 Å². The highest BCUT2D eigenvalue weighted by atomic mass is 16.5. The van der Waals surface area contributed by atoms with Crippen molar-refractivity contribution in [1.82, 2.24) is 10.2 Å². The molecule has 2 aromatic rings. The normalized spacial score (nSPS) is 15.8. The summed E-state index contributed by atoms with van der Waals surface area (Å²) in [5.41, 5.74) is 2.72. The van der Waals surface area contributed by atoms with Gasteiger partial charge in [-0.05, 0) is 63.4 Å². The van der Waals surface area contributed by atoms with Gasteiger partial charge in [-0.1, -0.05) is 12.1 Å². The lowest BCUT2D eigenvalue weighted by molar-refractivity contribution is 0.0812. The molecule has 156 valence electrons. The summed E-state index contributed by atoms with van der Waals surface area (Å²) in [4.78, 5) is 15.3. The first-order chi connectivity index (χ1) is 13.8. The van der Waals surface area contributed by atoms with E-state index in [4.69, 9.17) is 9.47 Å². The van der Waals surface area contributed by atoms with Crippen LogP contribution < -0.4 is 14.8 Å². The van der Waals surface area contributed by atoms with Crippen LogP contribution in [0.3, 0.4) is 0 Å². The maximum absolute atomic E-state index is 12.9. The standard InChI is InChI=1S/C24H32N2O3/c1-24(2,3)26-13-11-19(12-14-26)25-23(27)18-8-6-7-17(15-18)21-10-9-20(28-4)16-22(21)29-5/h6-10,15-16,19H,11-14H2,1-5H3,(H,25,27).